The molecule has 0 saturated heterocycles. The summed E-state index contributed by atoms with van der Waals surface area (Å²) in [6.07, 6.45) is 3.26. The van der Waals surface area contributed by atoms with Gasteiger partial charge in [-0.15, -0.1) is 0 Å². The zero-order valence-corrected chi connectivity index (χ0v) is 21.2. The third-order valence-corrected chi connectivity index (χ3v) is 7.15. The van der Waals surface area contributed by atoms with Crippen molar-refractivity contribution in [2.75, 3.05) is 0 Å². The van der Waals surface area contributed by atoms with Crippen LogP contribution in [0.15, 0.2) is 73.1 Å². The van der Waals surface area contributed by atoms with Crippen LogP contribution in [0.4, 0.5) is 13.2 Å². The van der Waals surface area contributed by atoms with Crippen molar-refractivity contribution in [3.63, 3.8) is 0 Å². The van der Waals surface area contributed by atoms with Crippen molar-refractivity contribution in [2.45, 2.75) is 25.4 Å². The number of carbonyl (C=O) groups is 1. The molecule has 0 atom stereocenters. The highest BCUT2D eigenvalue weighted by molar-refractivity contribution is 6.30. The molecular formula is C30H21ClF3N3O2. The van der Waals surface area contributed by atoms with Crippen LogP contribution in [-0.4, -0.2) is 20.5 Å². The summed E-state index contributed by atoms with van der Waals surface area (Å²) in [7, 11) is 0. The summed E-state index contributed by atoms with van der Waals surface area (Å²) >= 11 is 6.02. The number of alkyl halides is 3. The van der Waals surface area contributed by atoms with Gasteiger partial charge >= 0.3 is 12.1 Å². The molecule has 2 aromatic heterocycles. The van der Waals surface area contributed by atoms with Crippen molar-refractivity contribution in [3.05, 3.63) is 112 Å². The van der Waals surface area contributed by atoms with Crippen molar-refractivity contribution < 1.29 is 23.1 Å². The van der Waals surface area contributed by atoms with Crippen LogP contribution in [0, 0.1) is 17.2 Å². The van der Waals surface area contributed by atoms with E-state index in [2.05, 4.69) is 11.1 Å². The number of aromatic nitrogens is 2. The Morgan fingerprint density at radius 1 is 1.10 bits per heavy atom. The Morgan fingerprint density at radius 2 is 1.82 bits per heavy atom. The molecule has 39 heavy (non-hydrogen) atoms. The second-order valence-corrected chi connectivity index (χ2v) is 9.70. The molecule has 196 valence electrons. The number of allylic oxidation sites excluding steroid dienone is 1. The fourth-order valence-electron chi connectivity index (χ4n) is 4.94. The van der Waals surface area contributed by atoms with Gasteiger partial charge in [0.15, 0.2) is 0 Å². The van der Waals surface area contributed by atoms with E-state index in [1.165, 1.54) is 18.2 Å². The molecule has 4 aromatic rings. The molecule has 5 nitrogen and oxygen atoms in total. The molecule has 0 unspecified atom stereocenters. The number of nitriles is 1. The minimum Gasteiger partial charge on any atom is -0.478 e. The number of hydrogen-bond acceptors (Lipinski definition) is 3. The Labute approximate surface area is 227 Å². The molecule has 9 heteroatoms. The van der Waals surface area contributed by atoms with Crippen LogP contribution >= 0.6 is 11.6 Å². The molecule has 2 heterocycles. The highest BCUT2D eigenvalue weighted by Gasteiger charge is 2.38. The van der Waals surface area contributed by atoms with Gasteiger partial charge < -0.3 is 5.11 Å². The second kappa shape index (κ2) is 10.4. The number of hydrogen-bond donors (Lipinski definition) is 1. The van der Waals surface area contributed by atoms with Crippen LogP contribution in [0.1, 0.15) is 52.8 Å². The number of aliphatic carboxylic acids is 1. The lowest BCUT2D eigenvalue weighted by molar-refractivity contribution is -0.137. The fourth-order valence-corrected chi connectivity index (χ4v) is 5.11. The average Bonchev–Trinajstić information content (AvgIpc) is 3.35. The third-order valence-electron chi connectivity index (χ3n) is 6.92. The Hall–Kier alpha value is -4.35. The first-order valence-electron chi connectivity index (χ1n) is 12.2. The van der Waals surface area contributed by atoms with Gasteiger partial charge in [-0.1, -0.05) is 48.4 Å². The number of rotatable bonds is 6. The molecule has 0 amide bonds. The first-order chi connectivity index (χ1) is 18.7. The van der Waals surface area contributed by atoms with E-state index in [-0.39, 0.29) is 22.2 Å². The van der Waals surface area contributed by atoms with Crippen molar-refractivity contribution in [1.82, 2.24) is 9.38 Å². The zero-order chi connectivity index (χ0) is 27.7. The molecule has 0 aliphatic heterocycles. The van der Waals surface area contributed by atoms with Gasteiger partial charge in [-0.05, 0) is 76.9 Å². The molecular weight excluding hydrogens is 527 g/mol. The lowest BCUT2D eigenvalue weighted by Gasteiger charge is -2.33. The summed E-state index contributed by atoms with van der Waals surface area (Å²) < 4.78 is 44.7. The molecule has 1 aliphatic carbocycles. The maximum atomic E-state index is 14.4. The van der Waals surface area contributed by atoms with Gasteiger partial charge in [0.2, 0.25) is 0 Å². The van der Waals surface area contributed by atoms with Gasteiger partial charge in [0.25, 0.3) is 0 Å². The number of imidazole rings is 1. The van der Waals surface area contributed by atoms with Crippen LogP contribution in [0.3, 0.4) is 0 Å². The van der Waals surface area contributed by atoms with Gasteiger partial charge in [0.05, 0.1) is 5.56 Å². The second-order valence-electron chi connectivity index (χ2n) is 9.26. The zero-order valence-electron chi connectivity index (χ0n) is 20.4. The molecule has 1 fully saturated rings. The molecule has 0 bridgehead atoms. The van der Waals surface area contributed by atoms with E-state index in [0.29, 0.717) is 46.3 Å². The van der Waals surface area contributed by atoms with E-state index in [1.54, 1.807) is 53.2 Å². The van der Waals surface area contributed by atoms with E-state index in [4.69, 9.17) is 16.7 Å². The molecule has 1 aliphatic rings. The number of benzene rings is 2. The topological polar surface area (TPSA) is 78.4 Å². The predicted octanol–water partition coefficient (Wildman–Crippen LogP) is 7.74. The summed E-state index contributed by atoms with van der Waals surface area (Å²) in [6, 6.07) is 16.3. The summed E-state index contributed by atoms with van der Waals surface area (Å²) in [6.45, 7) is 0. The molecule has 5 rings (SSSR count). The Balaban J connectivity index is 1.87. The molecule has 0 spiro atoms. The fraction of sp³-hybridized carbons (Fsp3) is 0.167. The standard InChI is InChI=1S/C30H21ClF3N3O2/c31-21-9-10-22(24(16-21)30(32,33)34)28(19-2-1-3-19)29(20-7-4-18(5-8-20)6-13-27(38)39)23-11-12-26-36-14-15-37(26)25(23)17-35/h4-16,19H,1-3H2,(H,38,39). The van der Waals surface area contributed by atoms with Crippen molar-refractivity contribution in [3.8, 4) is 6.07 Å². The van der Waals surface area contributed by atoms with Crippen molar-refractivity contribution >= 4 is 40.4 Å². The Morgan fingerprint density at radius 3 is 2.44 bits per heavy atom. The van der Waals surface area contributed by atoms with E-state index in [0.717, 1.165) is 18.6 Å². The smallest absolute Gasteiger partial charge is 0.417 e. The first kappa shape index (κ1) is 26.3. The summed E-state index contributed by atoms with van der Waals surface area (Å²) in [5.74, 6) is -1.26. The molecule has 2 aromatic carbocycles. The van der Waals surface area contributed by atoms with E-state index in [9.17, 15) is 23.2 Å². The normalized spacial score (nSPS) is 14.7. The quantitative estimate of drug-likeness (QED) is 0.198. The van der Waals surface area contributed by atoms with Crippen LogP contribution in [0.25, 0.3) is 22.9 Å². The van der Waals surface area contributed by atoms with Crippen molar-refractivity contribution in [1.29, 1.82) is 5.26 Å². The van der Waals surface area contributed by atoms with Crippen LogP contribution in [0.5, 0.6) is 0 Å². The Kier molecular flexibility index (Phi) is 7.02. The van der Waals surface area contributed by atoms with Gasteiger partial charge in [-0.3, -0.25) is 4.40 Å². The molecule has 1 saturated carbocycles. The number of carboxylic acid groups (broad SMARTS) is 1. The number of nitrogens with zero attached hydrogens (tertiary/aromatic N) is 3. The van der Waals surface area contributed by atoms with Crippen LogP contribution in [-0.2, 0) is 11.0 Å². The van der Waals surface area contributed by atoms with Gasteiger partial charge in [0.1, 0.15) is 17.4 Å². The van der Waals surface area contributed by atoms with E-state index >= 15 is 0 Å². The van der Waals surface area contributed by atoms with E-state index in [1.807, 2.05) is 0 Å². The summed E-state index contributed by atoms with van der Waals surface area (Å²) in [5.41, 5.74) is 2.66. The Bertz CT molecular complexity index is 1670. The highest BCUT2D eigenvalue weighted by atomic mass is 35.5. The van der Waals surface area contributed by atoms with Gasteiger partial charge in [-0.2, -0.15) is 18.4 Å². The average molecular weight is 548 g/mol. The number of fused-ring (bicyclic) bond motifs is 1. The van der Waals surface area contributed by atoms with Crippen LogP contribution < -0.4 is 0 Å². The number of pyridine rings is 1. The molecule has 1 N–H and O–H groups in total. The lowest BCUT2D eigenvalue weighted by Crippen LogP contribution is -2.19. The lowest BCUT2D eigenvalue weighted by atomic mass is 9.72. The van der Waals surface area contributed by atoms with Crippen LogP contribution in [0.2, 0.25) is 5.02 Å². The largest absolute Gasteiger partial charge is 0.478 e. The maximum absolute atomic E-state index is 14.4. The van der Waals surface area contributed by atoms with Crippen molar-refractivity contribution in [2.24, 2.45) is 5.92 Å². The van der Waals surface area contributed by atoms with Gasteiger partial charge in [-0.25, -0.2) is 9.78 Å². The molecule has 0 radical (unpaired) electrons. The third kappa shape index (κ3) is 5.18. The minimum atomic E-state index is -4.65. The number of halogens is 4. The number of carboxylic acids is 1. The summed E-state index contributed by atoms with van der Waals surface area (Å²) in [5, 5.41) is 19.1. The first-order valence-corrected chi connectivity index (χ1v) is 12.5. The summed E-state index contributed by atoms with van der Waals surface area (Å²) in [4.78, 5) is 15.2. The maximum Gasteiger partial charge on any atom is 0.417 e. The minimum absolute atomic E-state index is 0.0206. The SMILES string of the molecule is N#Cc1c(C(=C(c2ccc(Cl)cc2C(F)(F)F)C2CCC2)c2ccc(C=CC(=O)O)cc2)ccc2nccn12. The highest BCUT2D eigenvalue weighted by Crippen LogP contribution is 2.49. The monoisotopic (exact) mass is 547 g/mol. The van der Waals surface area contributed by atoms with Gasteiger partial charge in [0, 0.05) is 29.1 Å². The van der Waals surface area contributed by atoms with E-state index < -0.39 is 17.7 Å². The predicted molar refractivity (Wildman–Crippen MR) is 143 cm³/mol.